The average molecular weight is 173 g/mol. The average Bonchev–Trinajstić information content (AvgIpc) is 2.03. The summed E-state index contributed by atoms with van der Waals surface area (Å²) in [6.07, 6.45) is 1.05. The highest BCUT2D eigenvalue weighted by Gasteiger charge is 2.11. The molecule has 0 rings (SSSR count). The summed E-state index contributed by atoms with van der Waals surface area (Å²) in [4.78, 5) is 13.0. The van der Waals surface area contributed by atoms with Gasteiger partial charge in [0.15, 0.2) is 0 Å². The lowest BCUT2D eigenvalue weighted by molar-refractivity contribution is -0.144. The Hall–Kier alpha value is -0.570. The standard InChI is InChI=1S/C9H19NO2/c1-5-8(3)10(4)7-9(11)12-6-2/h8H,5-7H2,1-4H3. The van der Waals surface area contributed by atoms with E-state index >= 15 is 0 Å². The Bertz CT molecular complexity index is 136. The number of carbonyl (C=O) groups is 1. The van der Waals surface area contributed by atoms with Gasteiger partial charge in [-0.15, -0.1) is 0 Å². The monoisotopic (exact) mass is 173 g/mol. The van der Waals surface area contributed by atoms with Gasteiger partial charge in [-0.3, -0.25) is 9.69 Å². The molecule has 0 saturated carbocycles. The lowest BCUT2D eigenvalue weighted by Gasteiger charge is -2.21. The number of hydrogen-bond donors (Lipinski definition) is 0. The molecule has 1 unspecified atom stereocenters. The molecule has 3 nitrogen and oxygen atoms in total. The Kier molecular flexibility index (Phi) is 5.72. The number of rotatable bonds is 5. The predicted octanol–water partition coefficient (Wildman–Crippen LogP) is 1.28. The molecule has 3 heteroatoms. The summed E-state index contributed by atoms with van der Waals surface area (Å²) < 4.78 is 4.83. The number of nitrogens with zero attached hydrogens (tertiary/aromatic N) is 1. The molecule has 0 aromatic carbocycles. The van der Waals surface area contributed by atoms with Crippen molar-refractivity contribution in [2.45, 2.75) is 33.2 Å². The number of carbonyl (C=O) groups excluding carboxylic acids is 1. The normalized spacial score (nSPS) is 13.1. The van der Waals surface area contributed by atoms with Crippen LogP contribution in [0.2, 0.25) is 0 Å². The minimum absolute atomic E-state index is 0.139. The van der Waals surface area contributed by atoms with Crippen LogP contribution in [-0.4, -0.2) is 37.1 Å². The fourth-order valence-corrected chi connectivity index (χ4v) is 0.878. The Labute approximate surface area is 74.7 Å². The van der Waals surface area contributed by atoms with Gasteiger partial charge >= 0.3 is 5.97 Å². The second kappa shape index (κ2) is 6.00. The highest BCUT2D eigenvalue weighted by atomic mass is 16.5. The molecule has 1 atom stereocenters. The van der Waals surface area contributed by atoms with Gasteiger partial charge in [0.25, 0.3) is 0 Å². The van der Waals surface area contributed by atoms with E-state index in [4.69, 9.17) is 4.74 Å². The van der Waals surface area contributed by atoms with Crippen molar-refractivity contribution in [3.05, 3.63) is 0 Å². The Morgan fingerprint density at radius 3 is 2.50 bits per heavy atom. The van der Waals surface area contributed by atoms with Gasteiger partial charge in [-0.05, 0) is 27.3 Å². The third kappa shape index (κ3) is 4.34. The first kappa shape index (κ1) is 11.4. The summed E-state index contributed by atoms with van der Waals surface area (Å²) in [5, 5.41) is 0. The van der Waals surface area contributed by atoms with Crippen LogP contribution in [0.15, 0.2) is 0 Å². The van der Waals surface area contributed by atoms with Crippen molar-refractivity contribution in [1.82, 2.24) is 4.90 Å². The summed E-state index contributed by atoms with van der Waals surface area (Å²) in [6, 6.07) is 0.439. The van der Waals surface area contributed by atoms with Crippen molar-refractivity contribution in [3.63, 3.8) is 0 Å². The fourth-order valence-electron chi connectivity index (χ4n) is 0.878. The van der Waals surface area contributed by atoms with Crippen LogP contribution in [0.25, 0.3) is 0 Å². The lowest BCUT2D eigenvalue weighted by atomic mass is 10.2. The molecule has 12 heavy (non-hydrogen) atoms. The van der Waals surface area contributed by atoms with Gasteiger partial charge in [-0.2, -0.15) is 0 Å². The minimum Gasteiger partial charge on any atom is -0.465 e. The SMILES string of the molecule is CCOC(=O)CN(C)C(C)CC. The zero-order chi connectivity index (χ0) is 9.56. The number of esters is 1. The van der Waals surface area contributed by atoms with E-state index in [1.165, 1.54) is 0 Å². The first-order valence-corrected chi connectivity index (χ1v) is 4.47. The molecule has 72 valence electrons. The zero-order valence-electron chi connectivity index (χ0n) is 8.46. The maximum Gasteiger partial charge on any atom is 0.320 e. The van der Waals surface area contributed by atoms with Crippen LogP contribution in [0.3, 0.4) is 0 Å². The fraction of sp³-hybridized carbons (Fsp3) is 0.889. The maximum absolute atomic E-state index is 11.0. The van der Waals surface area contributed by atoms with Crippen LogP contribution in [0.1, 0.15) is 27.2 Å². The summed E-state index contributed by atoms with van der Waals surface area (Å²) in [5.41, 5.74) is 0. The predicted molar refractivity (Wildman–Crippen MR) is 49.0 cm³/mol. The van der Waals surface area contributed by atoms with Crippen molar-refractivity contribution in [2.75, 3.05) is 20.2 Å². The van der Waals surface area contributed by atoms with E-state index in [0.29, 0.717) is 19.2 Å². The molecule has 0 aliphatic heterocycles. The summed E-state index contributed by atoms with van der Waals surface area (Å²) >= 11 is 0. The second-order valence-corrected chi connectivity index (χ2v) is 2.98. The van der Waals surface area contributed by atoms with Crippen LogP contribution in [0.5, 0.6) is 0 Å². The molecule has 0 spiro atoms. The van der Waals surface area contributed by atoms with Gasteiger partial charge in [0, 0.05) is 6.04 Å². The molecule has 0 saturated heterocycles. The molecule has 0 amide bonds. The van der Waals surface area contributed by atoms with E-state index in [1.54, 1.807) is 0 Å². The van der Waals surface area contributed by atoms with E-state index in [-0.39, 0.29) is 5.97 Å². The third-order valence-corrected chi connectivity index (χ3v) is 2.03. The quantitative estimate of drug-likeness (QED) is 0.586. The lowest BCUT2D eigenvalue weighted by Crippen LogP contribution is -2.34. The molecule has 0 N–H and O–H groups in total. The van der Waals surface area contributed by atoms with E-state index in [9.17, 15) is 4.79 Å². The third-order valence-electron chi connectivity index (χ3n) is 2.03. The van der Waals surface area contributed by atoms with Crippen LogP contribution in [0.4, 0.5) is 0 Å². The van der Waals surface area contributed by atoms with Gasteiger partial charge in [0.05, 0.1) is 13.2 Å². The van der Waals surface area contributed by atoms with Crippen LogP contribution in [0, 0.1) is 0 Å². The topological polar surface area (TPSA) is 29.5 Å². The number of likely N-dealkylation sites (N-methyl/N-ethyl adjacent to an activating group) is 1. The van der Waals surface area contributed by atoms with Crippen molar-refractivity contribution < 1.29 is 9.53 Å². The number of hydrogen-bond acceptors (Lipinski definition) is 3. The largest absolute Gasteiger partial charge is 0.465 e. The van der Waals surface area contributed by atoms with Crippen molar-refractivity contribution in [1.29, 1.82) is 0 Å². The molecule has 0 radical (unpaired) electrons. The highest BCUT2D eigenvalue weighted by molar-refractivity contribution is 5.71. The molecule has 0 aromatic rings. The first-order chi connectivity index (χ1) is 5.61. The molecule has 0 aliphatic rings. The van der Waals surface area contributed by atoms with Crippen LogP contribution >= 0.6 is 0 Å². The molecule has 0 heterocycles. The van der Waals surface area contributed by atoms with Crippen molar-refractivity contribution in [2.24, 2.45) is 0 Å². The Morgan fingerprint density at radius 1 is 1.50 bits per heavy atom. The minimum atomic E-state index is -0.139. The van der Waals surface area contributed by atoms with Gasteiger partial charge in [0.1, 0.15) is 0 Å². The van der Waals surface area contributed by atoms with Crippen molar-refractivity contribution >= 4 is 5.97 Å². The van der Waals surface area contributed by atoms with Gasteiger partial charge < -0.3 is 4.74 Å². The van der Waals surface area contributed by atoms with Crippen LogP contribution in [-0.2, 0) is 9.53 Å². The van der Waals surface area contributed by atoms with E-state index in [2.05, 4.69) is 13.8 Å². The summed E-state index contributed by atoms with van der Waals surface area (Å²) in [5.74, 6) is -0.139. The molecular weight excluding hydrogens is 154 g/mol. The van der Waals surface area contributed by atoms with E-state index < -0.39 is 0 Å². The van der Waals surface area contributed by atoms with E-state index in [0.717, 1.165) is 6.42 Å². The maximum atomic E-state index is 11.0. The smallest absolute Gasteiger partial charge is 0.320 e. The van der Waals surface area contributed by atoms with E-state index in [1.807, 2.05) is 18.9 Å². The van der Waals surface area contributed by atoms with Gasteiger partial charge in [0.2, 0.25) is 0 Å². The molecular formula is C9H19NO2. The Morgan fingerprint density at radius 2 is 2.08 bits per heavy atom. The van der Waals surface area contributed by atoms with Gasteiger partial charge in [-0.1, -0.05) is 6.92 Å². The Balaban J connectivity index is 3.67. The second-order valence-electron chi connectivity index (χ2n) is 2.98. The molecule has 0 fully saturated rings. The zero-order valence-corrected chi connectivity index (χ0v) is 8.46. The molecule has 0 bridgehead atoms. The molecule has 0 aliphatic carbocycles. The number of ether oxygens (including phenoxy) is 1. The highest BCUT2D eigenvalue weighted by Crippen LogP contribution is 1.99. The summed E-state index contributed by atoms with van der Waals surface area (Å²) in [7, 11) is 1.94. The first-order valence-electron chi connectivity index (χ1n) is 4.47. The van der Waals surface area contributed by atoms with Crippen molar-refractivity contribution in [3.8, 4) is 0 Å². The molecule has 0 aromatic heterocycles. The van der Waals surface area contributed by atoms with Gasteiger partial charge in [-0.25, -0.2) is 0 Å². The summed E-state index contributed by atoms with van der Waals surface area (Å²) in [6.45, 7) is 6.88. The van der Waals surface area contributed by atoms with Crippen LogP contribution < -0.4 is 0 Å².